The Morgan fingerprint density at radius 3 is 2.54 bits per heavy atom. The average Bonchev–Trinajstić information content (AvgIpc) is 3.03. The fourth-order valence-corrected chi connectivity index (χ4v) is 4.89. The first-order valence-corrected chi connectivity index (χ1v) is 13.9. The average molecular weight is 516 g/mol. The minimum atomic E-state index is -1.80. The largest absolute Gasteiger partial charge is 0.485 e. The number of benzene rings is 1. The van der Waals surface area contributed by atoms with Crippen molar-refractivity contribution in [3.05, 3.63) is 39.5 Å². The van der Waals surface area contributed by atoms with E-state index < -0.39 is 8.32 Å². The van der Waals surface area contributed by atoms with Gasteiger partial charge in [-0.2, -0.15) is 0 Å². The van der Waals surface area contributed by atoms with Crippen LogP contribution in [0.4, 0.5) is 0 Å². The number of rotatable bonds is 8. The first kappa shape index (κ1) is 23.4. The third-order valence-electron chi connectivity index (χ3n) is 5.63. The molecule has 4 nitrogen and oxygen atoms in total. The molecule has 0 saturated carbocycles. The molecule has 156 valence electrons. The van der Waals surface area contributed by atoms with E-state index in [1.165, 1.54) is 7.11 Å². The number of para-hydroxylation sites is 1. The van der Waals surface area contributed by atoms with Gasteiger partial charge in [-0.3, -0.25) is 4.79 Å². The van der Waals surface area contributed by atoms with Gasteiger partial charge in [-0.05, 0) is 71.3 Å². The van der Waals surface area contributed by atoms with Gasteiger partial charge in [0.25, 0.3) is 0 Å². The molecule has 0 aromatic heterocycles. The zero-order chi connectivity index (χ0) is 20.9. The van der Waals surface area contributed by atoms with Gasteiger partial charge >= 0.3 is 5.97 Å². The van der Waals surface area contributed by atoms with E-state index >= 15 is 0 Å². The van der Waals surface area contributed by atoms with E-state index in [0.717, 1.165) is 34.1 Å². The fourth-order valence-electron chi connectivity index (χ4n) is 2.92. The van der Waals surface area contributed by atoms with Crippen LogP contribution >= 0.6 is 22.6 Å². The van der Waals surface area contributed by atoms with Gasteiger partial charge in [-0.15, -0.1) is 0 Å². The molecule has 6 heteroatoms. The topological polar surface area (TPSA) is 44.8 Å². The van der Waals surface area contributed by atoms with E-state index in [-0.39, 0.29) is 23.2 Å². The molecule has 0 heterocycles. The first-order valence-electron chi connectivity index (χ1n) is 9.90. The molecule has 0 saturated heterocycles. The van der Waals surface area contributed by atoms with Gasteiger partial charge in [-0.1, -0.05) is 39.0 Å². The second kappa shape index (κ2) is 9.76. The molecule has 1 aromatic rings. The van der Waals surface area contributed by atoms with Crippen molar-refractivity contribution in [2.24, 2.45) is 0 Å². The summed E-state index contributed by atoms with van der Waals surface area (Å²) in [6, 6.07) is 6.18. The Morgan fingerprint density at radius 1 is 1.21 bits per heavy atom. The lowest BCUT2D eigenvalue weighted by molar-refractivity contribution is -0.140. The summed E-state index contributed by atoms with van der Waals surface area (Å²) < 4.78 is 18.7. The summed E-state index contributed by atoms with van der Waals surface area (Å²) >= 11 is 2.32. The van der Waals surface area contributed by atoms with Crippen LogP contribution < -0.4 is 4.74 Å². The van der Waals surface area contributed by atoms with Crippen LogP contribution in [0.25, 0.3) is 0 Å². The Kier molecular flexibility index (Phi) is 8.16. The third kappa shape index (κ3) is 6.32. The van der Waals surface area contributed by atoms with Gasteiger partial charge in [0.05, 0.1) is 16.8 Å². The van der Waals surface area contributed by atoms with Crippen molar-refractivity contribution in [1.82, 2.24) is 0 Å². The van der Waals surface area contributed by atoms with Crippen LogP contribution in [0, 0.1) is 3.57 Å². The van der Waals surface area contributed by atoms with Crippen LogP contribution in [0.3, 0.4) is 0 Å². The minimum absolute atomic E-state index is 0.0186. The second-order valence-electron chi connectivity index (χ2n) is 8.85. The predicted octanol–water partition coefficient (Wildman–Crippen LogP) is 5.88. The van der Waals surface area contributed by atoms with Crippen LogP contribution in [0.1, 0.15) is 45.6 Å². The molecule has 0 radical (unpaired) electrons. The molecule has 1 aliphatic rings. The summed E-state index contributed by atoms with van der Waals surface area (Å²) in [6.45, 7) is 11.4. The van der Waals surface area contributed by atoms with Crippen molar-refractivity contribution in [2.45, 2.75) is 76.8 Å². The molecule has 0 spiro atoms. The van der Waals surface area contributed by atoms with Gasteiger partial charge in [0.2, 0.25) is 0 Å². The maximum absolute atomic E-state index is 11.4. The number of esters is 1. The monoisotopic (exact) mass is 516 g/mol. The highest BCUT2D eigenvalue weighted by Gasteiger charge is 2.40. The van der Waals surface area contributed by atoms with Gasteiger partial charge < -0.3 is 13.9 Å². The highest BCUT2D eigenvalue weighted by atomic mass is 127. The molecule has 2 rings (SSSR count). The summed E-state index contributed by atoms with van der Waals surface area (Å²) in [5, 5.41) is 0.196. The van der Waals surface area contributed by atoms with Crippen molar-refractivity contribution >= 4 is 36.9 Å². The molecule has 0 fully saturated rings. The summed E-state index contributed by atoms with van der Waals surface area (Å²) in [7, 11) is -0.370. The van der Waals surface area contributed by atoms with Crippen molar-refractivity contribution in [1.29, 1.82) is 0 Å². The number of halogens is 1. The lowest BCUT2D eigenvalue weighted by Crippen LogP contribution is -2.43. The molecule has 1 aliphatic carbocycles. The van der Waals surface area contributed by atoms with E-state index in [1.54, 1.807) is 0 Å². The summed E-state index contributed by atoms with van der Waals surface area (Å²) in [5.41, 5.74) is 1.14. The molecule has 0 amide bonds. The lowest BCUT2D eigenvalue weighted by Gasteiger charge is -2.38. The zero-order valence-electron chi connectivity index (χ0n) is 17.9. The van der Waals surface area contributed by atoms with E-state index in [4.69, 9.17) is 13.9 Å². The molecule has 0 unspecified atom stereocenters. The highest BCUT2D eigenvalue weighted by Crippen LogP contribution is 2.39. The number of methoxy groups -OCH3 is 1. The van der Waals surface area contributed by atoms with E-state index in [0.29, 0.717) is 6.42 Å². The van der Waals surface area contributed by atoms with Crippen molar-refractivity contribution < 1.29 is 18.7 Å². The minimum Gasteiger partial charge on any atom is -0.485 e. The number of hydrogen-bond acceptors (Lipinski definition) is 4. The number of ether oxygens (including phenoxy) is 2. The quantitative estimate of drug-likeness (QED) is 0.187. The van der Waals surface area contributed by atoms with Crippen LogP contribution in [0.5, 0.6) is 5.75 Å². The van der Waals surface area contributed by atoms with E-state index in [1.807, 2.05) is 6.07 Å². The number of carbonyl (C=O) groups is 1. The molecular weight excluding hydrogens is 483 g/mol. The smallest absolute Gasteiger partial charge is 0.305 e. The van der Waals surface area contributed by atoms with Crippen molar-refractivity contribution in [2.75, 3.05) is 7.11 Å². The summed E-state index contributed by atoms with van der Waals surface area (Å²) in [5.74, 6) is 0.757. The first-order chi connectivity index (χ1) is 13.0. The van der Waals surface area contributed by atoms with Crippen LogP contribution in [0.2, 0.25) is 18.1 Å². The van der Waals surface area contributed by atoms with Gasteiger partial charge in [-0.25, -0.2) is 0 Å². The van der Waals surface area contributed by atoms with Crippen LogP contribution in [-0.4, -0.2) is 33.6 Å². The maximum Gasteiger partial charge on any atom is 0.305 e. The Balaban J connectivity index is 1.99. The standard InChI is InChI=1S/C22H33IO4Si/c1-22(2,3)28(5,6)27-18-14-13-17(15-18)26-21-16(9-7-11-19(21)23)10-8-12-20(24)25-4/h7,9,11,13-14,17-18H,8,10,12,15H2,1-6H3/t17-,18+/m1/s1. The summed E-state index contributed by atoms with van der Waals surface area (Å²) in [4.78, 5) is 11.4. The van der Waals surface area contributed by atoms with Gasteiger partial charge in [0, 0.05) is 12.8 Å². The predicted molar refractivity (Wildman–Crippen MR) is 124 cm³/mol. The normalized spacial score (nSPS) is 19.7. The molecular formula is C22H33IO4Si. The molecule has 0 aliphatic heterocycles. The second-order valence-corrected chi connectivity index (χ2v) is 14.8. The van der Waals surface area contributed by atoms with Crippen molar-refractivity contribution in [3.63, 3.8) is 0 Å². The van der Waals surface area contributed by atoms with E-state index in [2.05, 4.69) is 80.7 Å². The maximum atomic E-state index is 11.4. The molecule has 1 aromatic carbocycles. The van der Waals surface area contributed by atoms with Crippen LogP contribution in [0.15, 0.2) is 30.4 Å². The van der Waals surface area contributed by atoms with Gasteiger partial charge in [0.15, 0.2) is 8.32 Å². The molecule has 2 atom stereocenters. The number of aryl methyl sites for hydroxylation is 1. The Hall–Kier alpha value is -0.863. The van der Waals surface area contributed by atoms with Crippen molar-refractivity contribution in [3.8, 4) is 5.75 Å². The Bertz CT molecular complexity index is 709. The van der Waals surface area contributed by atoms with Gasteiger partial charge in [0.1, 0.15) is 11.9 Å². The fraction of sp³-hybridized carbons (Fsp3) is 0.591. The SMILES string of the molecule is COC(=O)CCCc1cccc(I)c1O[C@@H]1C=C[C@H](O[Si](C)(C)C(C)(C)C)C1. The third-order valence-corrected chi connectivity index (χ3v) is 11.0. The highest BCUT2D eigenvalue weighted by molar-refractivity contribution is 14.1. The number of carbonyl (C=O) groups excluding carboxylic acids is 1. The molecule has 28 heavy (non-hydrogen) atoms. The summed E-state index contributed by atoms with van der Waals surface area (Å²) in [6.07, 6.45) is 7.23. The Morgan fingerprint density at radius 2 is 1.89 bits per heavy atom. The number of hydrogen-bond donors (Lipinski definition) is 0. The zero-order valence-corrected chi connectivity index (χ0v) is 21.0. The van der Waals surface area contributed by atoms with E-state index in [9.17, 15) is 4.79 Å². The molecule has 0 N–H and O–H groups in total. The molecule has 0 bridgehead atoms. The van der Waals surface area contributed by atoms with Crippen LogP contribution in [-0.2, 0) is 20.4 Å². The Labute approximate surface area is 184 Å². The lowest BCUT2D eigenvalue weighted by atomic mass is 10.1.